The summed E-state index contributed by atoms with van der Waals surface area (Å²) in [5, 5.41) is 12.0. The Labute approximate surface area is 121 Å². The van der Waals surface area contributed by atoms with Gasteiger partial charge in [0, 0.05) is 5.56 Å². The van der Waals surface area contributed by atoms with Crippen LogP contribution in [-0.4, -0.2) is 22.0 Å². The summed E-state index contributed by atoms with van der Waals surface area (Å²) in [7, 11) is 0. The molecule has 0 aliphatic carbocycles. The molecule has 2 heterocycles. The number of thiazole rings is 1. The number of hydrogen-bond donors (Lipinski definition) is 2. The van der Waals surface area contributed by atoms with E-state index in [0.717, 1.165) is 21.6 Å². The zero-order valence-electron chi connectivity index (χ0n) is 9.99. The van der Waals surface area contributed by atoms with Crippen molar-refractivity contribution in [2.24, 2.45) is 0 Å². The van der Waals surface area contributed by atoms with E-state index in [1.807, 2.05) is 0 Å². The lowest BCUT2D eigenvalue weighted by Crippen LogP contribution is -2.10. The van der Waals surface area contributed by atoms with E-state index in [2.05, 4.69) is 10.3 Å². The van der Waals surface area contributed by atoms with Crippen LogP contribution in [0, 0.1) is 0 Å². The third kappa shape index (κ3) is 2.40. The predicted molar refractivity (Wildman–Crippen MR) is 78.9 cm³/mol. The van der Waals surface area contributed by atoms with Gasteiger partial charge in [0.25, 0.3) is 5.91 Å². The van der Waals surface area contributed by atoms with Gasteiger partial charge in [0.05, 0.1) is 20.7 Å². The van der Waals surface area contributed by atoms with E-state index in [9.17, 15) is 9.59 Å². The van der Waals surface area contributed by atoms with Gasteiger partial charge in [0.1, 0.15) is 4.88 Å². The molecule has 5 nitrogen and oxygen atoms in total. The monoisotopic (exact) mass is 304 g/mol. The summed E-state index contributed by atoms with van der Waals surface area (Å²) < 4.78 is 0.940. The van der Waals surface area contributed by atoms with E-state index >= 15 is 0 Å². The predicted octanol–water partition coefficient (Wildman–Crippen LogP) is 3.31. The number of aromatic carboxylic acids is 1. The van der Waals surface area contributed by atoms with Crippen LogP contribution >= 0.6 is 22.7 Å². The largest absolute Gasteiger partial charge is 0.477 e. The highest BCUT2D eigenvalue weighted by atomic mass is 32.1. The minimum atomic E-state index is -0.999. The Morgan fingerprint density at radius 2 is 2.05 bits per heavy atom. The Morgan fingerprint density at radius 1 is 1.20 bits per heavy atom. The number of hydrogen-bond acceptors (Lipinski definition) is 5. The van der Waals surface area contributed by atoms with Crippen LogP contribution < -0.4 is 5.32 Å². The average Bonchev–Trinajstić information content (AvgIpc) is 3.05. The quantitative estimate of drug-likeness (QED) is 0.778. The summed E-state index contributed by atoms with van der Waals surface area (Å²) in [6.45, 7) is 0. The number of aromatic nitrogens is 1. The number of amides is 1. The topological polar surface area (TPSA) is 79.3 Å². The van der Waals surface area contributed by atoms with E-state index in [4.69, 9.17) is 5.11 Å². The highest BCUT2D eigenvalue weighted by Gasteiger charge is 2.11. The molecule has 3 rings (SSSR count). The number of carbonyl (C=O) groups excluding carboxylic acids is 1. The van der Waals surface area contributed by atoms with E-state index in [1.54, 1.807) is 29.8 Å². The van der Waals surface area contributed by atoms with Crippen LogP contribution in [0.4, 0.5) is 5.00 Å². The molecule has 0 aliphatic heterocycles. The van der Waals surface area contributed by atoms with Crippen LogP contribution in [0.25, 0.3) is 10.2 Å². The number of nitrogens with zero attached hydrogens (tertiary/aromatic N) is 1. The summed E-state index contributed by atoms with van der Waals surface area (Å²) >= 11 is 2.50. The van der Waals surface area contributed by atoms with E-state index in [1.165, 1.54) is 17.4 Å². The minimum Gasteiger partial charge on any atom is -0.477 e. The van der Waals surface area contributed by atoms with Gasteiger partial charge >= 0.3 is 5.97 Å². The van der Waals surface area contributed by atoms with Crippen LogP contribution in [0.3, 0.4) is 0 Å². The first kappa shape index (κ1) is 12.8. The molecule has 0 bridgehead atoms. The highest BCUT2D eigenvalue weighted by Crippen LogP contribution is 2.24. The van der Waals surface area contributed by atoms with Crippen LogP contribution in [0.5, 0.6) is 0 Å². The molecule has 0 saturated carbocycles. The molecular formula is C13H8N2O3S2. The number of nitrogens with one attached hydrogen (secondary N) is 1. The molecule has 3 aromatic rings. The zero-order chi connectivity index (χ0) is 14.1. The summed E-state index contributed by atoms with van der Waals surface area (Å²) in [6.07, 6.45) is 0. The lowest BCUT2D eigenvalue weighted by Gasteiger charge is -2.02. The van der Waals surface area contributed by atoms with Crippen LogP contribution in [0.2, 0.25) is 0 Å². The smallest absolute Gasteiger partial charge is 0.345 e. The van der Waals surface area contributed by atoms with Gasteiger partial charge in [-0.1, -0.05) is 0 Å². The number of carboxylic acids is 1. The maximum Gasteiger partial charge on any atom is 0.345 e. The Balaban J connectivity index is 1.82. The average molecular weight is 304 g/mol. The fourth-order valence-corrected chi connectivity index (χ4v) is 3.16. The maximum atomic E-state index is 12.1. The Morgan fingerprint density at radius 3 is 2.80 bits per heavy atom. The molecule has 0 radical (unpaired) electrons. The SMILES string of the molecule is O=C(Nc1ccc(C(=O)O)s1)c1ccc2ncsc2c1. The molecule has 0 aliphatic rings. The number of anilines is 1. The number of fused-ring (bicyclic) bond motifs is 1. The molecular weight excluding hydrogens is 296 g/mol. The number of benzene rings is 1. The van der Waals surface area contributed by atoms with Crippen molar-refractivity contribution in [1.29, 1.82) is 0 Å². The Bertz CT molecular complexity index is 807. The first-order valence-corrected chi connectivity index (χ1v) is 7.31. The van der Waals surface area contributed by atoms with Gasteiger partial charge in [0.15, 0.2) is 0 Å². The number of rotatable bonds is 3. The first-order valence-electron chi connectivity index (χ1n) is 5.61. The first-order chi connectivity index (χ1) is 9.63. The number of carboxylic acid groups (broad SMARTS) is 1. The molecule has 0 fully saturated rings. The Hall–Kier alpha value is -2.25. The third-order valence-corrected chi connectivity index (χ3v) is 4.43. The molecule has 100 valence electrons. The van der Waals surface area contributed by atoms with Crippen molar-refractivity contribution >= 4 is 49.8 Å². The van der Waals surface area contributed by atoms with Crippen molar-refractivity contribution in [1.82, 2.24) is 4.98 Å². The van der Waals surface area contributed by atoms with E-state index < -0.39 is 5.97 Å². The van der Waals surface area contributed by atoms with E-state index in [-0.39, 0.29) is 10.8 Å². The van der Waals surface area contributed by atoms with Crippen LogP contribution in [0.15, 0.2) is 35.8 Å². The van der Waals surface area contributed by atoms with Crippen molar-refractivity contribution in [3.05, 3.63) is 46.3 Å². The summed E-state index contributed by atoms with van der Waals surface area (Å²) in [4.78, 5) is 27.2. The molecule has 0 saturated heterocycles. The zero-order valence-corrected chi connectivity index (χ0v) is 11.6. The van der Waals surface area contributed by atoms with Crippen molar-refractivity contribution < 1.29 is 14.7 Å². The van der Waals surface area contributed by atoms with Gasteiger partial charge in [-0.3, -0.25) is 4.79 Å². The molecule has 1 aromatic carbocycles. The molecule has 7 heteroatoms. The van der Waals surface area contributed by atoms with Crippen molar-refractivity contribution in [2.75, 3.05) is 5.32 Å². The lowest BCUT2D eigenvalue weighted by molar-refractivity contribution is 0.0702. The second-order valence-electron chi connectivity index (χ2n) is 3.96. The van der Waals surface area contributed by atoms with Gasteiger partial charge in [0.2, 0.25) is 0 Å². The lowest BCUT2D eigenvalue weighted by atomic mass is 10.2. The van der Waals surface area contributed by atoms with E-state index in [0.29, 0.717) is 10.6 Å². The molecule has 1 amide bonds. The normalized spacial score (nSPS) is 10.6. The van der Waals surface area contributed by atoms with Gasteiger partial charge in [-0.05, 0) is 30.3 Å². The van der Waals surface area contributed by atoms with Crippen molar-refractivity contribution in [3.63, 3.8) is 0 Å². The molecule has 2 N–H and O–H groups in total. The van der Waals surface area contributed by atoms with Gasteiger partial charge in [-0.25, -0.2) is 9.78 Å². The van der Waals surface area contributed by atoms with Crippen LogP contribution in [0.1, 0.15) is 20.0 Å². The summed E-state index contributed by atoms with van der Waals surface area (Å²) in [5.74, 6) is -1.26. The Kier molecular flexibility index (Phi) is 3.21. The number of thiophene rings is 1. The standard InChI is InChI=1S/C13H8N2O3S2/c16-12(15-11-4-3-9(20-11)13(17)18)7-1-2-8-10(5-7)19-6-14-8/h1-6H,(H,15,16)(H,17,18). The van der Waals surface area contributed by atoms with Crippen molar-refractivity contribution in [2.45, 2.75) is 0 Å². The number of carbonyl (C=O) groups is 2. The molecule has 0 spiro atoms. The summed E-state index contributed by atoms with van der Waals surface area (Å²) in [6, 6.07) is 8.31. The third-order valence-electron chi connectivity index (χ3n) is 2.65. The minimum absolute atomic E-state index is 0.193. The molecule has 2 aromatic heterocycles. The second-order valence-corrected chi connectivity index (χ2v) is 5.93. The van der Waals surface area contributed by atoms with Gasteiger partial charge in [-0.15, -0.1) is 22.7 Å². The molecule has 20 heavy (non-hydrogen) atoms. The van der Waals surface area contributed by atoms with Gasteiger partial charge in [-0.2, -0.15) is 0 Å². The molecule has 0 unspecified atom stereocenters. The van der Waals surface area contributed by atoms with Crippen LogP contribution in [-0.2, 0) is 0 Å². The highest BCUT2D eigenvalue weighted by molar-refractivity contribution is 7.18. The second kappa shape index (κ2) is 5.03. The molecule has 0 atom stereocenters. The fourth-order valence-electron chi connectivity index (χ4n) is 1.70. The fraction of sp³-hybridized carbons (Fsp3) is 0. The maximum absolute atomic E-state index is 12.1. The van der Waals surface area contributed by atoms with Gasteiger partial charge < -0.3 is 10.4 Å². The van der Waals surface area contributed by atoms with Crippen molar-refractivity contribution in [3.8, 4) is 0 Å². The summed E-state index contributed by atoms with van der Waals surface area (Å²) in [5.41, 5.74) is 3.10.